The highest BCUT2D eigenvalue weighted by Crippen LogP contribution is 2.30. The summed E-state index contributed by atoms with van der Waals surface area (Å²) in [5.74, 6) is 0.508. The molecule has 2 aromatic rings. The number of ether oxygens (including phenoxy) is 2. The lowest BCUT2D eigenvalue weighted by atomic mass is 10.1. The highest BCUT2D eigenvalue weighted by Gasteiger charge is 2.31. The number of amides is 1. The molecule has 0 aliphatic carbocycles. The van der Waals surface area contributed by atoms with E-state index in [0.717, 1.165) is 16.6 Å². The Labute approximate surface area is 181 Å². The summed E-state index contributed by atoms with van der Waals surface area (Å²) in [4.78, 5) is 23.4. The Morgan fingerprint density at radius 2 is 1.81 bits per heavy atom. The molecule has 0 unspecified atom stereocenters. The summed E-state index contributed by atoms with van der Waals surface area (Å²) < 4.78 is 36.3. The Kier molecular flexibility index (Phi) is 7.45. The maximum atomic E-state index is 12.9. The molecular weight excluding hydrogens is 426 g/mol. The molecule has 1 amide bonds. The third kappa shape index (κ3) is 5.63. The number of non-ortho nitro benzene ring substituents is 1. The van der Waals surface area contributed by atoms with Gasteiger partial charge in [0.1, 0.15) is 17.5 Å². The quantitative estimate of drug-likeness (QED) is 0.458. The number of anilines is 1. The zero-order valence-electron chi connectivity index (χ0n) is 17.9. The van der Waals surface area contributed by atoms with Crippen LogP contribution < -0.4 is 19.1 Å². The van der Waals surface area contributed by atoms with Crippen LogP contribution in [0.25, 0.3) is 0 Å². The van der Waals surface area contributed by atoms with Crippen LogP contribution in [0.2, 0.25) is 0 Å². The lowest BCUT2D eigenvalue weighted by molar-refractivity contribution is -0.384. The molecular formula is C20H25N3O7S. The van der Waals surface area contributed by atoms with Gasteiger partial charge in [0.05, 0.1) is 37.1 Å². The van der Waals surface area contributed by atoms with Crippen LogP contribution in [-0.4, -0.2) is 45.8 Å². The topological polar surface area (TPSA) is 128 Å². The number of methoxy groups -OCH3 is 2. The minimum absolute atomic E-state index is 0.0194. The Hall–Kier alpha value is -3.34. The first kappa shape index (κ1) is 23.9. The number of carbonyl (C=O) groups is 1. The van der Waals surface area contributed by atoms with Gasteiger partial charge >= 0.3 is 0 Å². The zero-order valence-corrected chi connectivity index (χ0v) is 18.7. The number of hydrogen-bond acceptors (Lipinski definition) is 7. The first-order valence-corrected chi connectivity index (χ1v) is 11.1. The Morgan fingerprint density at radius 1 is 1.13 bits per heavy atom. The molecule has 31 heavy (non-hydrogen) atoms. The second-order valence-electron chi connectivity index (χ2n) is 6.85. The van der Waals surface area contributed by atoms with Crippen molar-refractivity contribution in [3.05, 3.63) is 58.1 Å². The van der Waals surface area contributed by atoms with Crippen LogP contribution in [-0.2, 0) is 14.8 Å². The summed E-state index contributed by atoms with van der Waals surface area (Å²) in [5.41, 5.74) is 0.378. The van der Waals surface area contributed by atoms with Gasteiger partial charge in [-0.25, -0.2) is 8.42 Å². The average Bonchev–Trinajstić information content (AvgIpc) is 2.72. The number of nitro benzene ring substituents is 1. The van der Waals surface area contributed by atoms with Gasteiger partial charge in [0.25, 0.3) is 5.69 Å². The molecule has 0 fully saturated rings. The van der Waals surface area contributed by atoms with Crippen molar-refractivity contribution in [2.24, 2.45) is 0 Å². The second-order valence-corrected chi connectivity index (χ2v) is 8.71. The van der Waals surface area contributed by atoms with Crippen molar-refractivity contribution in [2.75, 3.05) is 24.8 Å². The molecule has 0 saturated heterocycles. The fourth-order valence-corrected chi connectivity index (χ4v) is 4.31. The number of rotatable bonds is 9. The van der Waals surface area contributed by atoms with E-state index >= 15 is 0 Å². The monoisotopic (exact) mass is 451 g/mol. The number of nitro groups is 1. The molecule has 0 aliphatic heterocycles. The van der Waals surface area contributed by atoms with E-state index in [0.29, 0.717) is 17.1 Å². The molecule has 0 aliphatic rings. The fraction of sp³-hybridized carbons (Fsp3) is 0.350. The lowest BCUT2D eigenvalue weighted by Crippen LogP contribution is -2.48. The molecule has 0 aromatic heterocycles. The van der Waals surface area contributed by atoms with Gasteiger partial charge in [-0.2, -0.15) is 0 Å². The number of nitrogens with one attached hydrogen (secondary N) is 1. The maximum absolute atomic E-state index is 12.9. The predicted octanol–water partition coefficient (Wildman–Crippen LogP) is 2.64. The van der Waals surface area contributed by atoms with Crippen LogP contribution in [0.15, 0.2) is 42.5 Å². The predicted molar refractivity (Wildman–Crippen MR) is 116 cm³/mol. The molecule has 11 heteroatoms. The summed E-state index contributed by atoms with van der Waals surface area (Å²) in [6.45, 7) is 3.13. The van der Waals surface area contributed by atoms with Crippen LogP contribution in [0.1, 0.15) is 25.5 Å². The van der Waals surface area contributed by atoms with Gasteiger partial charge in [0, 0.05) is 17.7 Å². The molecule has 168 valence electrons. The molecule has 0 radical (unpaired) electrons. The Morgan fingerprint density at radius 3 is 2.35 bits per heavy atom. The molecule has 2 rings (SSSR count). The summed E-state index contributed by atoms with van der Waals surface area (Å²) in [7, 11) is -0.913. The van der Waals surface area contributed by atoms with E-state index in [-0.39, 0.29) is 11.4 Å². The molecule has 0 bridgehead atoms. The lowest BCUT2D eigenvalue weighted by Gasteiger charge is -2.29. The summed E-state index contributed by atoms with van der Waals surface area (Å²) in [6.07, 6.45) is 0.935. The van der Waals surface area contributed by atoms with E-state index in [2.05, 4.69) is 5.32 Å². The number of nitrogens with zero attached hydrogens (tertiary/aromatic N) is 2. The summed E-state index contributed by atoms with van der Waals surface area (Å²) >= 11 is 0. The van der Waals surface area contributed by atoms with Gasteiger partial charge in [0.15, 0.2) is 0 Å². The van der Waals surface area contributed by atoms with Crippen molar-refractivity contribution < 1.29 is 27.6 Å². The molecule has 2 atom stereocenters. The van der Waals surface area contributed by atoms with Crippen molar-refractivity contribution in [2.45, 2.75) is 25.9 Å². The Balaban J connectivity index is 2.35. The largest absolute Gasteiger partial charge is 0.497 e. The van der Waals surface area contributed by atoms with E-state index in [1.54, 1.807) is 25.1 Å². The first-order chi connectivity index (χ1) is 14.5. The van der Waals surface area contributed by atoms with Crippen molar-refractivity contribution in [3.63, 3.8) is 0 Å². The number of benzene rings is 2. The highest BCUT2D eigenvalue weighted by molar-refractivity contribution is 7.92. The van der Waals surface area contributed by atoms with Crippen LogP contribution in [0.3, 0.4) is 0 Å². The van der Waals surface area contributed by atoms with Gasteiger partial charge in [-0.1, -0.05) is 6.07 Å². The molecule has 10 nitrogen and oxygen atoms in total. The van der Waals surface area contributed by atoms with Gasteiger partial charge < -0.3 is 14.8 Å². The molecule has 0 spiro atoms. The minimum Gasteiger partial charge on any atom is -0.497 e. The first-order valence-electron chi connectivity index (χ1n) is 9.25. The molecule has 1 N–H and O–H groups in total. The normalized spacial score (nSPS) is 13.1. The van der Waals surface area contributed by atoms with Crippen molar-refractivity contribution in [3.8, 4) is 11.5 Å². The number of sulfonamides is 1. The maximum Gasteiger partial charge on any atom is 0.271 e. The fourth-order valence-electron chi connectivity index (χ4n) is 3.14. The zero-order chi connectivity index (χ0) is 23.3. The minimum atomic E-state index is -3.92. The van der Waals surface area contributed by atoms with E-state index in [1.807, 2.05) is 0 Å². The van der Waals surface area contributed by atoms with E-state index in [1.165, 1.54) is 39.3 Å². The van der Waals surface area contributed by atoms with Crippen LogP contribution in [0, 0.1) is 10.1 Å². The average molecular weight is 452 g/mol. The molecule has 0 saturated carbocycles. The van der Waals surface area contributed by atoms with Crippen molar-refractivity contribution >= 4 is 27.3 Å². The van der Waals surface area contributed by atoms with E-state index < -0.39 is 32.9 Å². The molecule has 2 aromatic carbocycles. The van der Waals surface area contributed by atoms with Crippen molar-refractivity contribution in [1.29, 1.82) is 0 Å². The highest BCUT2D eigenvalue weighted by atomic mass is 32.2. The van der Waals surface area contributed by atoms with Crippen LogP contribution >= 0.6 is 0 Å². The second kappa shape index (κ2) is 9.65. The third-order valence-electron chi connectivity index (χ3n) is 4.65. The standard InChI is InChI=1S/C20H25N3O7S/c1-13(18-12-17(29-3)9-10-19(18)30-4)21-20(24)14(2)22(31(5,27)28)15-7-6-8-16(11-15)23(25)26/h6-14H,1-5H3,(H,21,24)/t13-,14-/m0/s1. The number of hydrogen-bond donors (Lipinski definition) is 1. The van der Waals surface area contributed by atoms with Gasteiger partial charge in [-0.05, 0) is 38.1 Å². The van der Waals surface area contributed by atoms with Crippen LogP contribution in [0.4, 0.5) is 11.4 Å². The SMILES string of the molecule is COc1ccc(OC)c([C@H](C)NC(=O)[C@H](C)N(c2cccc([N+](=O)[O-])c2)S(C)(=O)=O)c1. The smallest absolute Gasteiger partial charge is 0.271 e. The van der Waals surface area contributed by atoms with Gasteiger partial charge in [0.2, 0.25) is 15.9 Å². The summed E-state index contributed by atoms with van der Waals surface area (Å²) in [5, 5.41) is 13.8. The van der Waals surface area contributed by atoms with E-state index in [9.17, 15) is 23.3 Å². The van der Waals surface area contributed by atoms with Gasteiger partial charge in [-0.15, -0.1) is 0 Å². The van der Waals surface area contributed by atoms with Crippen LogP contribution in [0.5, 0.6) is 11.5 Å². The molecule has 0 heterocycles. The van der Waals surface area contributed by atoms with Crippen molar-refractivity contribution in [1.82, 2.24) is 5.32 Å². The number of carbonyl (C=O) groups excluding carboxylic acids is 1. The Bertz CT molecular complexity index is 1070. The summed E-state index contributed by atoms with van der Waals surface area (Å²) in [6, 6.07) is 8.53. The van der Waals surface area contributed by atoms with Gasteiger partial charge in [-0.3, -0.25) is 19.2 Å². The third-order valence-corrected chi connectivity index (χ3v) is 5.89. The van der Waals surface area contributed by atoms with E-state index in [4.69, 9.17) is 9.47 Å².